The van der Waals surface area contributed by atoms with Gasteiger partial charge in [-0.15, -0.1) is 0 Å². The number of carbonyl (C=O) groups excluding carboxylic acids is 6. The fourth-order valence-electron chi connectivity index (χ4n) is 3.29. The van der Waals surface area contributed by atoms with Crippen molar-refractivity contribution in [2.75, 3.05) is 26.4 Å². The van der Waals surface area contributed by atoms with Gasteiger partial charge in [-0.3, -0.25) is 0 Å². The van der Waals surface area contributed by atoms with Crippen molar-refractivity contribution in [3.8, 4) is 11.5 Å². The quantitative estimate of drug-likeness (QED) is 0.117. The molecule has 0 saturated heterocycles. The van der Waals surface area contributed by atoms with Crippen LogP contribution in [-0.2, 0) is 47.6 Å². The fraction of sp³-hybridized carbons (Fsp3) is 0.278. The van der Waals surface area contributed by atoms with E-state index in [0.717, 1.165) is 0 Å². The van der Waals surface area contributed by atoms with Gasteiger partial charge in [0.05, 0.1) is 11.1 Å². The van der Waals surface area contributed by atoms with Crippen LogP contribution < -0.4 is 4.74 Å². The Morgan fingerprint density at radius 2 is 0.714 bits per heavy atom. The first-order chi connectivity index (χ1) is 23.1. The maximum absolute atomic E-state index is 12.8. The SMILES string of the molecule is C=C(C)C(=O)OCC(COC(=O)C(=C)C)OC(=O)c1ccc(Oc2ccc(C(=O)OC(COC(=O)C(=C)C)COC(=O)C(=C)C)cc2)cc1. The molecule has 2 rings (SSSR count). The van der Waals surface area contributed by atoms with Crippen LogP contribution in [-0.4, -0.2) is 74.5 Å². The monoisotopic (exact) mass is 678 g/mol. The molecule has 0 amide bonds. The third kappa shape index (κ3) is 13.7. The maximum Gasteiger partial charge on any atom is 0.338 e. The molecular formula is C36H38O13. The zero-order valence-corrected chi connectivity index (χ0v) is 27.7. The summed E-state index contributed by atoms with van der Waals surface area (Å²) in [6.45, 7) is 18.2. The van der Waals surface area contributed by atoms with Crippen LogP contribution in [0.5, 0.6) is 11.5 Å². The minimum absolute atomic E-state index is 0.130. The van der Waals surface area contributed by atoms with E-state index in [1.165, 1.54) is 76.2 Å². The molecule has 0 heterocycles. The van der Waals surface area contributed by atoms with Gasteiger partial charge in [0, 0.05) is 22.3 Å². The lowest BCUT2D eigenvalue weighted by Crippen LogP contribution is -2.31. The van der Waals surface area contributed by atoms with Crippen molar-refractivity contribution in [3.05, 3.63) is 108 Å². The molecule has 0 aromatic heterocycles. The van der Waals surface area contributed by atoms with Crippen molar-refractivity contribution < 1.29 is 61.9 Å². The lowest BCUT2D eigenvalue weighted by Gasteiger charge is -2.18. The van der Waals surface area contributed by atoms with Crippen LogP contribution in [0.3, 0.4) is 0 Å². The van der Waals surface area contributed by atoms with E-state index in [4.69, 9.17) is 33.2 Å². The van der Waals surface area contributed by atoms with Gasteiger partial charge in [-0.1, -0.05) is 26.3 Å². The summed E-state index contributed by atoms with van der Waals surface area (Å²) in [5.41, 5.74) is 0.817. The summed E-state index contributed by atoms with van der Waals surface area (Å²) in [5, 5.41) is 0. The van der Waals surface area contributed by atoms with Gasteiger partial charge in [0.1, 0.15) is 37.9 Å². The van der Waals surface area contributed by atoms with Crippen molar-refractivity contribution in [1.82, 2.24) is 0 Å². The smallest absolute Gasteiger partial charge is 0.338 e. The Bertz CT molecular complexity index is 1420. The zero-order valence-electron chi connectivity index (χ0n) is 27.7. The zero-order chi connectivity index (χ0) is 36.7. The highest BCUT2D eigenvalue weighted by molar-refractivity contribution is 5.91. The van der Waals surface area contributed by atoms with Crippen LogP contribution in [0.4, 0.5) is 0 Å². The lowest BCUT2D eigenvalue weighted by atomic mass is 10.2. The number of ether oxygens (including phenoxy) is 7. The first kappa shape index (κ1) is 39.2. The maximum atomic E-state index is 12.8. The minimum atomic E-state index is -1.10. The number of benzene rings is 2. The predicted molar refractivity (Wildman–Crippen MR) is 174 cm³/mol. The number of rotatable bonds is 18. The van der Waals surface area contributed by atoms with E-state index < -0.39 is 48.0 Å². The Balaban J connectivity index is 2.03. The Hall–Kier alpha value is -5.98. The van der Waals surface area contributed by atoms with Gasteiger partial charge in [-0.2, -0.15) is 0 Å². The van der Waals surface area contributed by atoms with Gasteiger partial charge in [-0.25, -0.2) is 28.8 Å². The van der Waals surface area contributed by atoms with Crippen LogP contribution >= 0.6 is 0 Å². The number of esters is 6. The molecule has 2 aromatic rings. The first-order valence-corrected chi connectivity index (χ1v) is 14.7. The van der Waals surface area contributed by atoms with Crippen LogP contribution in [0.2, 0.25) is 0 Å². The standard InChI is InChI=1S/C36H38O13/c1-21(2)31(37)43-17-29(18-44-32(38)22(3)4)48-35(41)25-9-13-27(14-10-25)47-28-15-11-26(12-16-28)36(42)49-30(19-45-33(39)23(5)6)20-46-34(40)24(7)8/h9-16,29-30H,1,3,5,7,17-20H2,2,4,6,8H3. The van der Waals surface area contributed by atoms with Crippen LogP contribution in [0, 0.1) is 0 Å². The summed E-state index contributed by atoms with van der Waals surface area (Å²) < 4.78 is 36.8. The van der Waals surface area contributed by atoms with Crippen molar-refractivity contribution in [2.45, 2.75) is 39.9 Å². The van der Waals surface area contributed by atoms with Crippen LogP contribution in [0.1, 0.15) is 48.4 Å². The fourth-order valence-corrected chi connectivity index (χ4v) is 3.29. The molecule has 260 valence electrons. The second-order valence-corrected chi connectivity index (χ2v) is 10.7. The van der Waals surface area contributed by atoms with E-state index in [1.54, 1.807) is 0 Å². The first-order valence-electron chi connectivity index (χ1n) is 14.7. The highest BCUT2D eigenvalue weighted by Crippen LogP contribution is 2.23. The summed E-state index contributed by atoms with van der Waals surface area (Å²) >= 11 is 0. The van der Waals surface area contributed by atoms with Crippen molar-refractivity contribution in [2.24, 2.45) is 0 Å². The Morgan fingerprint density at radius 3 is 0.939 bits per heavy atom. The average molecular weight is 679 g/mol. The summed E-state index contributed by atoms with van der Waals surface area (Å²) in [6.07, 6.45) is -2.21. The van der Waals surface area contributed by atoms with E-state index in [0.29, 0.717) is 11.5 Å². The highest BCUT2D eigenvalue weighted by atomic mass is 16.6. The van der Waals surface area contributed by atoms with Gasteiger partial charge in [-0.05, 0) is 76.2 Å². The Morgan fingerprint density at radius 1 is 0.469 bits per heavy atom. The van der Waals surface area contributed by atoms with Crippen molar-refractivity contribution in [1.29, 1.82) is 0 Å². The molecule has 0 aliphatic heterocycles. The van der Waals surface area contributed by atoms with Gasteiger partial charge in [0.15, 0.2) is 12.2 Å². The number of carbonyl (C=O) groups is 6. The summed E-state index contributed by atoms with van der Waals surface area (Å²) in [7, 11) is 0. The van der Waals surface area contributed by atoms with Gasteiger partial charge in [0.25, 0.3) is 0 Å². The Kier molecular flexibility index (Phi) is 15.2. The summed E-state index contributed by atoms with van der Waals surface area (Å²) in [6, 6.07) is 11.7. The number of hydrogen-bond donors (Lipinski definition) is 0. The highest BCUT2D eigenvalue weighted by Gasteiger charge is 2.23. The molecule has 0 aliphatic rings. The molecule has 0 fully saturated rings. The van der Waals surface area contributed by atoms with Crippen LogP contribution in [0.15, 0.2) is 97.1 Å². The molecule has 0 aliphatic carbocycles. The van der Waals surface area contributed by atoms with E-state index in [-0.39, 0.29) is 59.8 Å². The lowest BCUT2D eigenvalue weighted by molar-refractivity contribution is -0.149. The van der Waals surface area contributed by atoms with E-state index in [2.05, 4.69) is 26.3 Å². The normalized spacial score (nSPS) is 10.3. The van der Waals surface area contributed by atoms with E-state index in [1.807, 2.05) is 0 Å². The summed E-state index contributed by atoms with van der Waals surface area (Å²) in [5.74, 6) is -3.69. The second kappa shape index (κ2) is 19.0. The van der Waals surface area contributed by atoms with Gasteiger partial charge in [0.2, 0.25) is 0 Å². The third-order valence-electron chi connectivity index (χ3n) is 5.96. The molecule has 0 spiro atoms. The van der Waals surface area contributed by atoms with Gasteiger partial charge < -0.3 is 33.2 Å². The Labute approximate surface area is 283 Å². The minimum Gasteiger partial charge on any atom is -0.458 e. The molecule has 0 radical (unpaired) electrons. The van der Waals surface area contributed by atoms with Crippen molar-refractivity contribution >= 4 is 35.8 Å². The molecule has 0 N–H and O–H groups in total. The second-order valence-electron chi connectivity index (χ2n) is 10.7. The third-order valence-corrected chi connectivity index (χ3v) is 5.96. The number of hydrogen-bond acceptors (Lipinski definition) is 13. The average Bonchev–Trinajstić information content (AvgIpc) is 3.06. The molecule has 0 atom stereocenters. The van der Waals surface area contributed by atoms with Gasteiger partial charge >= 0.3 is 35.8 Å². The molecule has 0 saturated carbocycles. The topological polar surface area (TPSA) is 167 Å². The molecule has 49 heavy (non-hydrogen) atoms. The van der Waals surface area contributed by atoms with Crippen molar-refractivity contribution in [3.63, 3.8) is 0 Å². The van der Waals surface area contributed by atoms with E-state index in [9.17, 15) is 28.8 Å². The molecule has 2 aromatic carbocycles. The van der Waals surface area contributed by atoms with E-state index >= 15 is 0 Å². The largest absolute Gasteiger partial charge is 0.458 e. The summed E-state index contributed by atoms with van der Waals surface area (Å²) in [4.78, 5) is 72.8. The molecule has 13 nitrogen and oxygen atoms in total. The molecule has 13 heteroatoms. The molecule has 0 bridgehead atoms. The van der Waals surface area contributed by atoms with Crippen LogP contribution in [0.25, 0.3) is 0 Å². The molecule has 0 unspecified atom stereocenters. The molecular weight excluding hydrogens is 640 g/mol. The predicted octanol–water partition coefficient (Wildman–Crippen LogP) is 5.01.